The van der Waals surface area contributed by atoms with E-state index < -0.39 is 7.07 Å². The monoisotopic (exact) mass is 198 g/mol. The second kappa shape index (κ2) is 2.98. The van der Waals surface area contributed by atoms with Crippen LogP contribution in [0.2, 0.25) is 0 Å². The first-order valence-corrected chi connectivity index (χ1v) is 6.31. The Labute approximate surface area is 71.3 Å². The van der Waals surface area contributed by atoms with Crippen LogP contribution in [0.3, 0.4) is 0 Å². The zero-order valence-electron chi connectivity index (χ0n) is 6.59. The minimum absolute atomic E-state index is 0.0194. The normalized spacial score (nSPS) is 30.8. The summed E-state index contributed by atoms with van der Waals surface area (Å²) in [7, 11) is -2.91. The fourth-order valence-electron chi connectivity index (χ4n) is 0.739. The van der Waals surface area contributed by atoms with Crippen LogP contribution in [-0.2, 0) is 13.8 Å². The summed E-state index contributed by atoms with van der Waals surface area (Å²) >= 11 is 5.71. The number of halogens is 1. The summed E-state index contributed by atoms with van der Waals surface area (Å²) in [4.78, 5) is 10.4. The van der Waals surface area contributed by atoms with E-state index in [0.29, 0.717) is 19.2 Å². The Kier molecular flexibility index (Phi) is 2.55. The molecule has 0 radical (unpaired) electrons. The molecule has 0 aromatic carbocycles. The molecule has 0 aromatic heterocycles. The average molecular weight is 199 g/mol. The van der Waals surface area contributed by atoms with Crippen molar-refractivity contribution in [3.63, 3.8) is 0 Å². The van der Waals surface area contributed by atoms with Crippen LogP contribution in [0.25, 0.3) is 0 Å². The molecule has 0 N–H and O–H groups in total. The number of hydrogen-bond donors (Lipinski definition) is 0. The molecule has 66 valence electrons. The van der Waals surface area contributed by atoms with E-state index in [4.69, 9.17) is 20.3 Å². The maximum atomic E-state index is 10.4. The average Bonchev–Trinajstić information content (AvgIpc) is 1.97. The standard InChI is InChI=1S/C6H12ClO3P/c1-6(2)3-9-11(7,5-8)10-4-6/h5,11H,3-4H2,1-2H3. The van der Waals surface area contributed by atoms with Gasteiger partial charge in [-0.1, -0.05) is 0 Å². The summed E-state index contributed by atoms with van der Waals surface area (Å²) in [6.07, 6.45) is 0. The summed E-state index contributed by atoms with van der Waals surface area (Å²) in [5.74, 6) is 0. The van der Waals surface area contributed by atoms with Gasteiger partial charge in [-0.15, -0.1) is 0 Å². The molecule has 11 heavy (non-hydrogen) atoms. The molecule has 0 amide bonds. The summed E-state index contributed by atoms with van der Waals surface area (Å²) in [5, 5.41) is 0. The molecule has 0 atom stereocenters. The van der Waals surface area contributed by atoms with Crippen molar-refractivity contribution in [2.75, 3.05) is 13.2 Å². The van der Waals surface area contributed by atoms with Crippen LogP contribution >= 0.6 is 18.3 Å². The van der Waals surface area contributed by atoms with Gasteiger partial charge in [-0.3, -0.25) is 0 Å². The van der Waals surface area contributed by atoms with E-state index in [0.717, 1.165) is 0 Å². The molecular formula is C6H12ClO3P. The molecule has 0 bridgehead atoms. The fraction of sp³-hybridized carbons (Fsp3) is 0.833. The van der Waals surface area contributed by atoms with Crippen molar-refractivity contribution in [3.05, 3.63) is 0 Å². The van der Waals surface area contributed by atoms with Gasteiger partial charge in [0.2, 0.25) is 0 Å². The molecule has 1 rings (SSSR count). The molecular weight excluding hydrogens is 186 g/mol. The zero-order chi connectivity index (χ0) is 8.54. The van der Waals surface area contributed by atoms with E-state index in [9.17, 15) is 4.79 Å². The van der Waals surface area contributed by atoms with Gasteiger partial charge in [-0.05, 0) is 0 Å². The summed E-state index contributed by atoms with van der Waals surface area (Å²) in [6, 6.07) is 0.601. The SMILES string of the molecule is CC1(C)CO[PH](Cl)(C=O)OC1. The van der Waals surface area contributed by atoms with Gasteiger partial charge in [0.1, 0.15) is 0 Å². The van der Waals surface area contributed by atoms with Crippen molar-refractivity contribution in [2.24, 2.45) is 5.41 Å². The van der Waals surface area contributed by atoms with Crippen LogP contribution in [0.5, 0.6) is 0 Å². The Morgan fingerprint density at radius 1 is 1.45 bits per heavy atom. The van der Waals surface area contributed by atoms with Crippen LogP contribution in [0.1, 0.15) is 13.8 Å². The molecule has 5 heteroatoms. The van der Waals surface area contributed by atoms with Gasteiger partial charge in [0, 0.05) is 0 Å². The van der Waals surface area contributed by atoms with Gasteiger partial charge in [-0.2, -0.15) is 0 Å². The third-order valence-electron chi connectivity index (χ3n) is 1.46. The van der Waals surface area contributed by atoms with Gasteiger partial charge in [0.15, 0.2) is 0 Å². The van der Waals surface area contributed by atoms with Crippen LogP contribution in [0.15, 0.2) is 0 Å². The molecule has 0 spiro atoms. The molecule has 1 aliphatic rings. The molecule has 3 nitrogen and oxygen atoms in total. The predicted octanol–water partition coefficient (Wildman–Crippen LogP) is 1.98. The molecule has 1 aliphatic heterocycles. The Bertz CT molecular complexity index is 161. The number of hydrogen-bond acceptors (Lipinski definition) is 3. The van der Waals surface area contributed by atoms with Gasteiger partial charge in [0.05, 0.1) is 0 Å². The van der Waals surface area contributed by atoms with Crippen LogP contribution < -0.4 is 0 Å². The van der Waals surface area contributed by atoms with Crippen LogP contribution in [0, 0.1) is 5.41 Å². The van der Waals surface area contributed by atoms with Crippen molar-refractivity contribution in [1.29, 1.82) is 0 Å². The molecule has 0 aromatic rings. The maximum absolute atomic E-state index is 10.4. The van der Waals surface area contributed by atoms with Crippen molar-refractivity contribution in [2.45, 2.75) is 13.8 Å². The fourth-order valence-corrected chi connectivity index (χ4v) is 2.46. The zero-order valence-corrected chi connectivity index (χ0v) is 8.35. The quantitative estimate of drug-likeness (QED) is 0.478. The second-order valence-electron chi connectivity index (χ2n) is 3.44. The Hall–Kier alpha value is 0.310. The number of carbonyl (C=O) groups excluding carboxylic acids is 1. The van der Waals surface area contributed by atoms with Gasteiger partial charge >= 0.3 is 70.7 Å². The molecule has 1 heterocycles. The first kappa shape index (κ1) is 9.40. The summed E-state index contributed by atoms with van der Waals surface area (Å²) in [5.41, 5.74) is -0.0194. The van der Waals surface area contributed by atoms with Crippen molar-refractivity contribution >= 4 is 24.3 Å². The third kappa shape index (κ3) is 2.38. The van der Waals surface area contributed by atoms with E-state index in [1.807, 2.05) is 13.8 Å². The van der Waals surface area contributed by atoms with E-state index in [2.05, 4.69) is 0 Å². The Morgan fingerprint density at radius 2 is 1.91 bits per heavy atom. The molecule has 0 aliphatic carbocycles. The minimum atomic E-state index is -2.91. The number of rotatable bonds is 1. The summed E-state index contributed by atoms with van der Waals surface area (Å²) in [6.45, 7) is 5.01. The number of carbonyl (C=O) groups is 1. The topological polar surface area (TPSA) is 35.5 Å². The van der Waals surface area contributed by atoms with E-state index in [1.54, 1.807) is 0 Å². The van der Waals surface area contributed by atoms with Crippen LogP contribution in [0.4, 0.5) is 0 Å². The summed E-state index contributed by atoms with van der Waals surface area (Å²) < 4.78 is 10.3. The first-order chi connectivity index (χ1) is 4.97. The predicted molar refractivity (Wildman–Crippen MR) is 46.6 cm³/mol. The first-order valence-electron chi connectivity index (χ1n) is 3.41. The van der Waals surface area contributed by atoms with Gasteiger partial charge < -0.3 is 0 Å². The van der Waals surface area contributed by atoms with Crippen molar-refractivity contribution < 1.29 is 13.8 Å². The van der Waals surface area contributed by atoms with Crippen LogP contribution in [-0.4, -0.2) is 19.2 Å². The molecule has 0 saturated carbocycles. The Balaban J connectivity index is 2.54. The van der Waals surface area contributed by atoms with E-state index >= 15 is 0 Å². The van der Waals surface area contributed by atoms with Crippen molar-refractivity contribution in [3.8, 4) is 0 Å². The van der Waals surface area contributed by atoms with Gasteiger partial charge in [-0.25, -0.2) is 0 Å². The molecule has 1 saturated heterocycles. The Morgan fingerprint density at radius 3 is 2.27 bits per heavy atom. The molecule has 1 fully saturated rings. The van der Waals surface area contributed by atoms with Gasteiger partial charge in [0.25, 0.3) is 0 Å². The van der Waals surface area contributed by atoms with E-state index in [-0.39, 0.29) is 5.41 Å². The van der Waals surface area contributed by atoms with Crippen molar-refractivity contribution in [1.82, 2.24) is 0 Å². The third-order valence-corrected chi connectivity index (χ3v) is 3.74. The second-order valence-corrected chi connectivity index (χ2v) is 7.00. The van der Waals surface area contributed by atoms with E-state index in [1.165, 1.54) is 0 Å². The molecule has 0 unspecified atom stereocenters.